The van der Waals surface area contributed by atoms with Crippen LogP contribution in [0, 0.1) is 18.8 Å². The van der Waals surface area contributed by atoms with Crippen molar-refractivity contribution in [3.05, 3.63) is 17.5 Å². The lowest BCUT2D eigenvalue weighted by Crippen LogP contribution is -2.28. The molecule has 1 aliphatic heterocycles. The molecule has 0 bridgehead atoms. The molecule has 1 aromatic rings. The lowest BCUT2D eigenvalue weighted by Gasteiger charge is -2.32. The summed E-state index contributed by atoms with van der Waals surface area (Å²) in [7, 11) is 0. The number of aliphatic hydroxyl groups is 1. The van der Waals surface area contributed by atoms with Crippen LogP contribution in [0.1, 0.15) is 37.6 Å². The molecular weight excluding hydrogens is 176 g/mol. The van der Waals surface area contributed by atoms with Crippen LogP contribution in [-0.4, -0.2) is 14.9 Å². The maximum atomic E-state index is 10.2. The third kappa shape index (κ3) is 1.36. The zero-order valence-electron chi connectivity index (χ0n) is 9.07. The van der Waals surface area contributed by atoms with E-state index in [0.29, 0.717) is 11.8 Å². The molecule has 3 heteroatoms. The minimum Gasteiger partial charge on any atom is -0.387 e. The second-order valence-electron chi connectivity index (χ2n) is 4.58. The van der Waals surface area contributed by atoms with Gasteiger partial charge in [0.2, 0.25) is 0 Å². The van der Waals surface area contributed by atoms with Gasteiger partial charge in [0, 0.05) is 6.54 Å². The van der Waals surface area contributed by atoms with Crippen LogP contribution in [-0.2, 0) is 6.54 Å². The summed E-state index contributed by atoms with van der Waals surface area (Å²) in [5.41, 5.74) is 2.14. The largest absolute Gasteiger partial charge is 0.387 e. The van der Waals surface area contributed by atoms with Crippen LogP contribution >= 0.6 is 0 Å². The number of hydrogen-bond acceptors (Lipinski definition) is 2. The van der Waals surface area contributed by atoms with Crippen molar-refractivity contribution in [3.8, 4) is 0 Å². The summed E-state index contributed by atoms with van der Waals surface area (Å²) in [5, 5.41) is 14.5. The first-order chi connectivity index (χ1) is 6.61. The van der Waals surface area contributed by atoms with Crippen LogP contribution in [0.2, 0.25) is 0 Å². The second kappa shape index (κ2) is 3.39. The fourth-order valence-corrected chi connectivity index (χ4v) is 2.38. The molecule has 0 spiro atoms. The highest BCUT2D eigenvalue weighted by molar-refractivity contribution is 5.20. The Bertz CT molecular complexity index is 330. The highest BCUT2D eigenvalue weighted by Gasteiger charge is 2.31. The Hall–Kier alpha value is -0.830. The quantitative estimate of drug-likeness (QED) is 0.741. The first kappa shape index (κ1) is 9.71. The van der Waals surface area contributed by atoms with Gasteiger partial charge in [0.1, 0.15) is 0 Å². The van der Waals surface area contributed by atoms with Crippen molar-refractivity contribution in [2.45, 2.75) is 39.8 Å². The minimum atomic E-state index is -0.328. The maximum Gasteiger partial charge on any atom is 0.0990 e. The number of hydrogen-bond donors (Lipinski definition) is 1. The molecule has 14 heavy (non-hydrogen) atoms. The highest BCUT2D eigenvalue weighted by atomic mass is 16.3. The minimum absolute atomic E-state index is 0.328. The predicted molar refractivity (Wildman–Crippen MR) is 54.9 cm³/mol. The molecule has 1 aromatic heterocycles. The Balaban J connectivity index is 2.34. The van der Waals surface area contributed by atoms with Crippen molar-refractivity contribution >= 4 is 0 Å². The van der Waals surface area contributed by atoms with Crippen molar-refractivity contribution < 1.29 is 5.11 Å². The van der Waals surface area contributed by atoms with Crippen molar-refractivity contribution in [2.75, 3.05) is 0 Å². The van der Waals surface area contributed by atoms with E-state index in [0.717, 1.165) is 24.2 Å². The monoisotopic (exact) mass is 194 g/mol. The van der Waals surface area contributed by atoms with Gasteiger partial charge in [0.05, 0.1) is 18.0 Å². The van der Waals surface area contributed by atoms with E-state index in [1.54, 1.807) is 0 Å². The molecule has 0 aromatic carbocycles. The van der Waals surface area contributed by atoms with Gasteiger partial charge >= 0.3 is 0 Å². The molecule has 2 unspecified atom stereocenters. The van der Waals surface area contributed by atoms with Crippen molar-refractivity contribution in [2.24, 2.45) is 11.8 Å². The Morgan fingerprint density at radius 3 is 2.93 bits per heavy atom. The molecule has 78 valence electrons. The Kier molecular flexibility index (Phi) is 2.35. The summed E-state index contributed by atoms with van der Waals surface area (Å²) >= 11 is 0. The molecular formula is C11H18N2O. The van der Waals surface area contributed by atoms with Crippen molar-refractivity contribution in [1.82, 2.24) is 9.78 Å². The third-order valence-electron chi connectivity index (χ3n) is 3.29. The van der Waals surface area contributed by atoms with Gasteiger partial charge in [-0.15, -0.1) is 0 Å². The summed E-state index contributed by atoms with van der Waals surface area (Å²) in [6.45, 7) is 7.32. The molecule has 0 amide bonds. The maximum absolute atomic E-state index is 10.2. The fourth-order valence-electron chi connectivity index (χ4n) is 2.38. The van der Waals surface area contributed by atoms with E-state index < -0.39 is 0 Å². The fraction of sp³-hybridized carbons (Fsp3) is 0.727. The molecule has 0 saturated heterocycles. The van der Waals surface area contributed by atoms with Gasteiger partial charge in [-0.2, -0.15) is 5.10 Å². The molecule has 0 fully saturated rings. The summed E-state index contributed by atoms with van der Waals surface area (Å²) in [6.07, 6.45) is 2.56. The molecule has 0 saturated carbocycles. The molecule has 1 N–H and O–H groups in total. The number of fused-ring (bicyclic) bond motifs is 1. The van der Waals surface area contributed by atoms with E-state index in [2.05, 4.69) is 18.9 Å². The smallest absolute Gasteiger partial charge is 0.0990 e. The molecule has 2 rings (SSSR count). The number of nitrogens with zero attached hydrogens (tertiary/aromatic N) is 2. The third-order valence-corrected chi connectivity index (χ3v) is 3.29. The average Bonchev–Trinajstić information content (AvgIpc) is 2.48. The van der Waals surface area contributed by atoms with E-state index in [1.165, 1.54) is 0 Å². The van der Waals surface area contributed by atoms with E-state index in [4.69, 9.17) is 0 Å². The Labute approximate surface area is 84.7 Å². The summed E-state index contributed by atoms with van der Waals surface area (Å²) < 4.78 is 1.94. The van der Waals surface area contributed by atoms with Crippen LogP contribution in [0.3, 0.4) is 0 Å². The lowest BCUT2D eigenvalue weighted by atomic mass is 9.83. The lowest BCUT2D eigenvalue weighted by molar-refractivity contribution is 0.0470. The predicted octanol–water partition coefficient (Wildman–Crippen LogP) is 1.90. The number of aryl methyl sites for hydroxylation is 2. The van der Waals surface area contributed by atoms with Gasteiger partial charge in [-0.25, -0.2) is 0 Å². The molecule has 3 nitrogen and oxygen atoms in total. The standard InChI is InChI=1S/C11H18N2O/c1-7(2)9-4-5-13-10(11(9)14)8(3)6-12-13/h6-7,9,11,14H,4-5H2,1-3H3. The van der Waals surface area contributed by atoms with Gasteiger partial charge < -0.3 is 5.11 Å². The van der Waals surface area contributed by atoms with Crippen molar-refractivity contribution in [3.63, 3.8) is 0 Å². The van der Waals surface area contributed by atoms with Crippen LogP contribution in [0.25, 0.3) is 0 Å². The zero-order chi connectivity index (χ0) is 10.3. The Morgan fingerprint density at radius 2 is 2.29 bits per heavy atom. The van der Waals surface area contributed by atoms with Gasteiger partial charge in [-0.3, -0.25) is 4.68 Å². The van der Waals surface area contributed by atoms with Gasteiger partial charge in [-0.1, -0.05) is 13.8 Å². The molecule has 1 aliphatic rings. The number of rotatable bonds is 1. The van der Waals surface area contributed by atoms with Gasteiger partial charge in [0.25, 0.3) is 0 Å². The van der Waals surface area contributed by atoms with Crippen molar-refractivity contribution in [1.29, 1.82) is 0 Å². The molecule has 0 radical (unpaired) electrons. The van der Waals surface area contributed by atoms with E-state index in [1.807, 2.05) is 17.8 Å². The number of aromatic nitrogens is 2. The van der Waals surface area contributed by atoms with Crippen LogP contribution < -0.4 is 0 Å². The molecule has 0 aliphatic carbocycles. The number of aliphatic hydroxyl groups excluding tert-OH is 1. The second-order valence-corrected chi connectivity index (χ2v) is 4.58. The van der Waals surface area contributed by atoms with E-state index in [9.17, 15) is 5.11 Å². The SMILES string of the molecule is Cc1cnn2c1C(O)C(C(C)C)CC2. The molecule has 2 atom stereocenters. The highest BCUT2D eigenvalue weighted by Crippen LogP contribution is 2.36. The normalized spacial score (nSPS) is 26.6. The summed E-state index contributed by atoms with van der Waals surface area (Å²) in [6, 6.07) is 0. The average molecular weight is 194 g/mol. The van der Waals surface area contributed by atoms with Crippen LogP contribution in [0.15, 0.2) is 6.20 Å². The van der Waals surface area contributed by atoms with Gasteiger partial charge in [-0.05, 0) is 30.7 Å². The Morgan fingerprint density at radius 1 is 1.57 bits per heavy atom. The topological polar surface area (TPSA) is 38.0 Å². The first-order valence-electron chi connectivity index (χ1n) is 5.31. The first-order valence-corrected chi connectivity index (χ1v) is 5.31. The van der Waals surface area contributed by atoms with E-state index in [-0.39, 0.29) is 6.10 Å². The van der Waals surface area contributed by atoms with Crippen LogP contribution in [0.4, 0.5) is 0 Å². The summed E-state index contributed by atoms with van der Waals surface area (Å²) in [5.74, 6) is 0.922. The van der Waals surface area contributed by atoms with E-state index >= 15 is 0 Å². The molecule has 2 heterocycles. The van der Waals surface area contributed by atoms with Gasteiger partial charge in [0.15, 0.2) is 0 Å². The van der Waals surface area contributed by atoms with Crippen LogP contribution in [0.5, 0.6) is 0 Å². The zero-order valence-corrected chi connectivity index (χ0v) is 9.07. The summed E-state index contributed by atoms with van der Waals surface area (Å²) in [4.78, 5) is 0.